The summed E-state index contributed by atoms with van der Waals surface area (Å²) in [4.78, 5) is 49.0. The Morgan fingerprint density at radius 2 is 1.73 bits per heavy atom. The molecule has 0 radical (unpaired) electrons. The molecule has 3 heterocycles. The number of halogens is 1. The molecule has 12 heteroatoms. The molecule has 3 aliphatic rings. The Hall–Kier alpha value is -4.00. The molecule has 3 fully saturated rings. The van der Waals surface area contributed by atoms with Crippen molar-refractivity contribution in [2.24, 2.45) is 11.1 Å². The summed E-state index contributed by atoms with van der Waals surface area (Å²) in [7, 11) is 0. The number of hydrogen-bond acceptors (Lipinski definition) is 8. The number of carbonyl (C=O) groups is 3. The minimum absolute atomic E-state index is 0.00694. The maximum atomic E-state index is 14.6. The molecule has 1 spiro atoms. The van der Waals surface area contributed by atoms with Crippen molar-refractivity contribution in [3.8, 4) is 5.75 Å². The molecule has 292 valence electrons. The van der Waals surface area contributed by atoms with Crippen LogP contribution in [0.25, 0.3) is 10.8 Å². The van der Waals surface area contributed by atoms with Gasteiger partial charge < -0.3 is 30.9 Å². The van der Waals surface area contributed by atoms with Crippen LogP contribution in [0.4, 0.5) is 4.79 Å². The lowest BCUT2D eigenvalue weighted by Crippen LogP contribution is -2.64. The van der Waals surface area contributed by atoms with Gasteiger partial charge in [-0.2, -0.15) is 0 Å². The zero-order valence-electron chi connectivity index (χ0n) is 31.5. The van der Waals surface area contributed by atoms with E-state index in [0.717, 1.165) is 73.8 Å². The molecule has 3 amide bonds. The maximum absolute atomic E-state index is 14.6. The second-order valence-corrected chi connectivity index (χ2v) is 16.9. The van der Waals surface area contributed by atoms with E-state index in [4.69, 9.17) is 22.1 Å². The third kappa shape index (κ3) is 9.70. The molecule has 2 atom stereocenters. The summed E-state index contributed by atoms with van der Waals surface area (Å²) >= 11 is 8.22. The Kier molecular flexibility index (Phi) is 13.1. The second kappa shape index (κ2) is 18.3. The molecular formula is C43H53ClN6O4S. The van der Waals surface area contributed by atoms with E-state index in [1.54, 1.807) is 22.3 Å². The van der Waals surface area contributed by atoms with Crippen molar-refractivity contribution in [1.82, 2.24) is 25.3 Å². The molecule has 1 aromatic heterocycles. The Balaban J connectivity index is 1.02. The van der Waals surface area contributed by atoms with Crippen LogP contribution in [0.2, 0.25) is 5.02 Å². The summed E-state index contributed by atoms with van der Waals surface area (Å²) in [6, 6.07) is 24.7. The van der Waals surface area contributed by atoms with Crippen molar-refractivity contribution < 1.29 is 19.1 Å². The smallest absolute Gasteiger partial charge is 0.409 e. The first-order valence-corrected chi connectivity index (χ1v) is 21.0. The van der Waals surface area contributed by atoms with E-state index in [0.29, 0.717) is 29.9 Å². The molecule has 1 saturated carbocycles. The van der Waals surface area contributed by atoms with Gasteiger partial charge in [-0.3, -0.25) is 14.5 Å². The number of nitrogens with two attached hydrogens (primary N) is 1. The molecule has 10 nitrogen and oxygen atoms in total. The SMILES string of the molecule is NCCCC[C@@H](NC1CCC2(CC1)CCN(Cc1ccccc1)C2)C(=O)N1CCN(C(=O)Oc2ccc3ccccc3c2Cl)C[C@H]1C(=O)NCc1cccs1. The minimum Gasteiger partial charge on any atom is -0.409 e. The molecule has 2 aliphatic heterocycles. The zero-order valence-corrected chi connectivity index (χ0v) is 33.0. The molecule has 4 N–H and O–H groups in total. The highest BCUT2D eigenvalue weighted by Gasteiger charge is 2.43. The van der Waals surface area contributed by atoms with Crippen LogP contribution in [0, 0.1) is 5.41 Å². The Morgan fingerprint density at radius 1 is 0.927 bits per heavy atom. The molecule has 4 aromatic rings. The number of hydrogen-bond donors (Lipinski definition) is 3. The summed E-state index contributed by atoms with van der Waals surface area (Å²) in [6.07, 6.45) is 7.16. The zero-order chi connectivity index (χ0) is 38.2. The van der Waals surface area contributed by atoms with Crippen LogP contribution in [0.1, 0.15) is 61.8 Å². The third-order valence-corrected chi connectivity index (χ3v) is 13.0. The van der Waals surface area contributed by atoms with Crippen molar-refractivity contribution in [2.75, 3.05) is 39.3 Å². The Morgan fingerprint density at radius 3 is 2.51 bits per heavy atom. The van der Waals surface area contributed by atoms with Gasteiger partial charge in [-0.25, -0.2) is 4.79 Å². The summed E-state index contributed by atoms with van der Waals surface area (Å²) in [6.45, 7) is 4.58. The van der Waals surface area contributed by atoms with E-state index >= 15 is 0 Å². The number of thiophene rings is 1. The van der Waals surface area contributed by atoms with E-state index in [2.05, 4.69) is 45.9 Å². The minimum atomic E-state index is -0.886. The number of nitrogens with zero attached hydrogens (tertiary/aromatic N) is 3. The number of carbonyl (C=O) groups excluding carboxylic acids is 3. The monoisotopic (exact) mass is 784 g/mol. The molecule has 7 rings (SSSR count). The van der Waals surface area contributed by atoms with Gasteiger partial charge in [0.25, 0.3) is 0 Å². The van der Waals surface area contributed by atoms with E-state index in [9.17, 15) is 14.4 Å². The van der Waals surface area contributed by atoms with Gasteiger partial charge in [0.2, 0.25) is 11.8 Å². The van der Waals surface area contributed by atoms with Crippen molar-refractivity contribution in [1.29, 1.82) is 0 Å². The quantitative estimate of drug-likeness (QED) is 0.128. The van der Waals surface area contributed by atoms with Gasteiger partial charge in [-0.05, 0) is 91.9 Å². The number of rotatable bonds is 13. The standard InChI is InChI=1S/C43H53ClN6O4S/c44-39-35-13-5-4-11-32(35)15-16-38(39)54-42(53)49-24-25-50(37(29-49)40(51)46-27-34-12-8-26-55-34)41(52)36(14-6-7-22-45)47-33-17-19-43(20-18-33)21-23-48(30-43)28-31-9-2-1-3-10-31/h1-5,8-13,15-16,26,33,36-37,47H,6-7,14,17-25,27-30,45H2,(H,46,51)/t33?,36-,37+,43?/m1/s1. The molecule has 1 aliphatic carbocycles. The first-order valence-electron chi connectivity index (χ1n) is 19.8. The fourth-order valence-electron chi connectivity index (χ4n) is 8.66. The van der Waals surface area contributed by atoms with Gasteiger partial charge in [0.1, 0.15) is 6.04 Å². The van der Waals surface area contributed by atoms with Crippen molar-refractivity contribution in [2.45, 2.75) is 82.6 Å². The summed E-state index contributed by atoms with van der Waals surface area (Å²) in [5.74, 6) is -0.152. The van der Waals surface area contributed by atoms with Gasteiger partial charge in [-0.15, -0.1) is 11.3 Å². The summed E-state index contributed by atoms with van der Waals surface area (Å²) in [5, 5.41) is 10.8. The first-order chi connectivity index (χ1) is 26.8. The van der Waals surface area contributed by atoms with E-state index in [1.807, 2.05) is 47.8 Å². The van der Waals surface area contributed by atoms with E-state index < -0.39 is 18.2 Å². The van der Waals surface area contributed by atoms with Crippen LogP contribution < -0.4 is 21.1 Å². The number of piperazine rings is 1. The number of amides is 3. The fourth-order valence-corrected chi connectivity index (χ4v) is 9.58. The summed E-state index contributed by atoms with van der Waals surface area (Å²) < 4.78 is 5.82. The van der Waals surface area contributed by atoms with Gasteiger partial charge >= 0.3 is 6.09 Å². The highest BCUT2D eigenvalue weighted by Crippen LogP contribution is 2.44. The van der Waals surface area contributed by atoms with Crippen molar-refractivity contribution in [3.63, 3.8) is 0 Å². The second-order valence-electron chi connectivity index (χ2n) is 15.5. The predicted octanol–water partition coefficient (Wildman–Crippen LogP) is 6.80. The number of fused-ring (bicyclic) bond motifs is 1. The highest BCUT2D eigenvalue weighted by molar-refractivity contribution is 7.09. The van der Waals surface area contributed by atoms with Crippen LogP contribution in [-0.2, 0) is 22.7 Å². The van der Waals surface area contributed by atoms with Crippen LogP contribution in [-0.4, -0.2) is 90.0 Å². The largest absolute Gasteiger partial charge is 0.415 e. The number of unbranched alkanes of at least 4 members (excludes halogenated alkanes) is 1. The average molecular weight is 785 g/mol. The molecule has 2 saturated heterocycles. The predicted molar refractivity (Wildman–Crippen MR) is 219 cm³/mol. The molecule has 55 heavy (non-hydrogen) atoms. The first kappa shape index (κ1) is 39.2. The number of nitrogens with one attached hydrogen (secondary N) is 2. The van der Waals surface area contributed by atoms with E-state index in [1.165, 1.54) is 16.9 Å². The number of benzene rings is 3. The third-order valence-electron chi connectivity index (χ3n) is 11.8. The van der Waals surface area contributed by atoms with Gasteiger partial charge in [0.05, 0.1) is 24.2 Å². The summed E-state index contributed by atoms with van der Waals surface area (Å²) in [5.41, 5.74) is 7.58. The fraction of sp³-hybridized carbons (Fsp3) is 0.465. The molecular weight excluding hydrogens is 732 g/mol. The van der Waals surface area contributed by atoms with Crippen LogP contribution in [0.5, 0.6) is 5.75 Å². The highest BCUT2D eigenvalue weighted by atomic mass is 35.5. The van der Waals surface area contributed by atoms with Crippen LogP contribution in [0.15, 0.2) is 84.2 Å². The number of ether oxygens (including phenoxy) is 1. The van der Waals surface area contributed by atoms with Gasteiger partial charge in [0, 0.05) is 42.5 Å². The van der Waals surface area contributed by atoms with E-state index in [-0.39, 0.29) is 43.2 Å². The lowest BCUT2D eigenvalue weighted by atomic mass is 9.72. The topological polar surface area (TPSA) is 120 Å². The normalized spacial score (nSPS) is 22.2. The maximum Gasteiger partial charge on any atom is 0.415 e. The van der Waals surface area contributed by atoms with Gasteiger partial charge in [0.15, 0.2) is 5.75 Å². The van der Waals surface area contributed by atoms with Crippen molar-refractivity contribution in [3.05, 3.63) is 99.7 Å². The van der Waals surface area contributed by atoms with Crippen molar-refractivity contribution >= 4 is 51.6 Å². The van der Waals surface area contributed by atoms with Gasteiger partial charge in [-0.1, -0.05) is 84.8 Å². The van der Waals surface area contributed by atoms with Crippen LogP contribution in [0.3, 0.4) is 0 Å². The Bertz CT molecular complexity index is 1900. The van der Waals surface area contributed by atoms with Crippen LogP contribution >= 0.6 is 22.9 Å². The molecule has 3 aromatic carbocycles. The lowest BCUT2D eigenvalue weighted by Gasteiger charge is -2.43. The Labute approximate surface area is 333 Å². The molecule has 0 bridgehead atoms. The average Bonchev–Trinajstić information content (AvgIpc) is 3.89. The lowest BCUT2D eigenvalue weighted by molar-refractivity contribution is -0.145. The number of likely N-dealkylation sites (tertiary alicyclic amines) is 1. The molecule has 0 unspecified atom stereocenters.